The lowest BCUT2D eigenvalue weighted by molar-refractivity contribution is 0.181. The number of thiophene rings is 1. The monoisotopic (exact) mass is 439 g/mol. The summed E-state index contributed by atoms with van der Waals surface area (Å²) in [5, 5.41) is 5.06. The fourth-order valence-corrected chi connectivity index (χ4v) is 6.40. The number of amides is 2. The maximum atomic E-state index is 13.6. The van der Waals surface area contributed by atoms with Gasteiger partial charge in [-0.05, 0) is 74.4 Å². The van der Waals surface area contributed by atoms with Gasteiger partial charge in [0.1, 0.15) is 5.00 Å². The minimum absolute atomic E-state index is 0.0262. The summed E-state index contributed by atoms with van der Waals surface area (Å²) in [6.45, 7) is 4.79. The highest BCUT2D eigenvalue weighted by atomic mass is 35.5. The first-order valence-corrected chi connectivity index (χ1v) is 11.9. The normalized spacial score (nSPS) is 17.7. The Balaban J connectivity index is 1.57. The van der Waals surface area contributed by atoms with Gasteiger partial charge in [-0.15, -0.1) is 11.3 Å². The molecule has 0 saturated carbocycles. The Kier molecular flexibility index (Phi) is 5.11. The van der Waals surface area contributed by atoms with E-state index < -0.39 is 0 Å². The van der Waals surface area contributed by atoms with Crippen molar-refractivity contribution in [1.29, 1.82) is 0 Å². The second kappa shape index (κ2) is 7.78. The summed E-state index contributed by atoms with van der Waals surface area (Å²) in [6, 6.07) is 9.84. The van der Waals surface area contributed by atoms with E-state index in [-0.39, 0.29) is 12.1 Å². The Bertz CT molecular complexity index is 1120. The van der Waals surface area contributed by atoms with E-state index in [1.165, 1.54) is 39.5 Å². The molecule has 2 amide bonds. The van der Waals surface area contributed by atoms with Crippen molar-refractivity contribution in [3.8, 4) is 5.00 Å². The lowest BCUT2D eigenvalue weighted by Crippen LogP contribution is -2.37. The van der Waals surface area contributed by atoms with E-state index >= 15 is 0 Å². The molecular weight excluding hydrogens is 414 g/mol. The van der Waals surface area contributed by atoms with Gasteiger partial charge in [0.05, 0.1) is 12.6 Å². The summed E-state index contributed by atoms with van der Waals surface area (Å²) in [6.07, 6.45) is 7.80. The maximum absolute atomic E-state index is 13.6. The zero-order valence-electron chi connectivity index (χ0n) is 17.4. The maximum Gasteiger partial charge on any atom is 0.322 e. The van der Waals surface area contributed by atoms with E-state index in [0.29, 0.717) is 11.6 Å². The third-order valence-corrected chi connectivity index (χ3v) is 7.96. The van der Waals surface area contributed by atoms with Crippen molar-refractivity contribution in [2.24, 2.45) is 0 Å². The number of anilines is 1. The second-order valence-electron chi connectivity index (χ2n) is 8.24. The molecule has 4 nitrogen and oxygen atoms in total. The van der Waals surface area contributed by atoms with Crippen LogP contribution in [0, 0.1) is 6.92 Å². The topological polar surface area (TPSA) is 37.3 Å². The summed E-state index contributed by atoms with van der Waals surface area (Å²) in [7, 11) is 0. The number of carbonyl (C=O) groups excluding carboxylic acids is 1. The molecule has 3 aromatic rings. The number of aromatic nitrogens is 1. The van der Waals surface area contributed by atoms with Gasteiger partial charge < -0.3 is 14.8 Å². The molecule has 3 heterocycles. The van der Waals surface area contributed by atoms with Crippen molar-refractivity contribution in [3.05, 3.63) is 68.8 Å². The molecule has 0 bridgehead atoms. The van der Waals surface area contributed by atoms with Crippen molar-refractivity contribution in [1.82, 2.24) is 9.47 Å². The van der Waals surface area contributed by atoms with Crippen LogP contribution in [0.2, 0.25) is 5.02 Å². The number of nitrogens with zero attached hydrogens (tertiary/aromatic N) is 2. The third kappa shape index (κ3) is 3.25. The SMILES string of the molecule is CC[C@H]1c2cccn2-c2sc3c(c2CN1C(=O)Nc1cc(Cl)ccc1C)CCCC3. The van der Waals surface area contributed by atoms with Crippen molar-refractivity contribution in [3.63, 3.8) is 0 Å². The Morgan fingerprint density at radius 1 is 1.23 bits per heavy atom. The fraction of sp³-hybridized carbons (Fsp3) is 0.375. The van der Waals surface area contributed by atoms with Crippen LogP contribution >= 0.6 is 22.9 Å². The van der Waals surface area contributed by atoms with Gasteiger partial charge in [-0.2, -0.15) is 0 Å². The van der Waals surface area contributed by atoms with Crippen LogP contribution in [0.4, 0.5) is 10.5 Å². The highest BCUT2D eigenvalue weighted by molar-refractivity contribution is 7.15. The molecule has 0 fully saturated rings. The van der Waals surface area contributed by atoms with Gasteiger partial charge in [-0.25, -0.2) is 4.79 Å². The van der Waals surface area contributed by atoms with Gasteiger partial charge in [0.15, 0.2) is 0 Å². The van der Waals surface area contributed by atoms with Crippen LogP contribution < -0.4 is 5.32 Å². The zero-order chi connectivity index (χ0) is 20.8. The number of halogens is 1. The predicted octanol–water partition coefficient (Wildman–Crippen LogP) is 6.88. The Morgan fingerprint density at radius 2 is 2.07 bits per heavy atom. The standard InChI is InChI=1S/C24H26ClN3OS/c1-3-20-21-8-6-12-27(21)23-18(17-7-4-5-9-22(17)30-23)14-28(20)24(29)26-19-13-16(25)11-10-15(19)2/h6,8,10-13,20H,3-5,7,9,14H2,1-2H3,(H,26,29)/t20-/m0/s1. The van der Waals surface area contributed by atoms with E-state index in [4.69, 9.17) is 11.6 Å². The van der Waals surface area contributed by atoms with Gasteiger partial charge in [0, 0.05) is 33.0 Å². The first kappa shape index (κ1) is 19.7. The van der Waals surface area contributed by atoms with E-state index in [1.807, 2.05) is 41.4 Å². The number of benzene rings is 1. The number of fused-ring (bicyclic) bond motifs is 5. The average molecular weight is 440 g/mol. The number of hydrogen-bond acceptors (Lipinski definition) is 2. The highest BCUT2D eigenvalue weighted by Crippen LogP contribution is 2.43. The summed E-state index contributed by atoms with van der Waals surface area (Å²) in [4.78, 5) is 17.1. The molecule has 5 rings (SSSR count). The molecule has 0 spiro atoms. The third-order valence-electron chi connectivity index (χ3n) is 6.39. The fourth-order valence-electron chi connectivity index (χ4n) is 4.82. The molecule has 1 aliphatic carbocycles. The van der Waals surface area contributed by atoms with E-state index in [0.717, 1.165) is 30.5 Å². The Hall–Kier alpha value is -2.24. The minimum Gasteiger partial charge on any atom is -0.312 e. The summed E-state index contributed by atoms with van der Waals surface area (Å²) in [5.74, 6) is 0. The number of hydrogen-bond donors (Lipinski definition) is 1. The summed E-state index contributed by atoms with van der Waals surface area (Å²) < 4.78 is 2.32. The van der Waals surface area contributed by atoms with Gasteiger partial charge in [0.25, 0.3) is 0 Å². The molecule has 0 unspecified atom stereocenters. The molecule has 156 valence electrons. The van der Waals surface area contributed by atoms with Crippen LogP contribution in [0.25, 0.3) is 5.00 Å². The first-order chi connectivity index (χ1) is 14.6. The molecule has 30 heavy (non-hydrogen) atoms. The lowest BCUT2D eigenvalue weighted by Gasteiger charge is -2.30. The number of rotatable bonds is 2. The number of carbonyl (C=O) groups is 1. The number of aryl methyl sites for hydroxylation is 2. The molecule has 0 saturated heterocycles. The quantitative estimate of drug-likeness (QED) is 0.464. The molecule has 1 atom stereocenters. The molecule has 1 aliphatic heterocycles. The first-order valence-electron chi connectivity index (χ1n) is 10.7. The van der Waals surface area contributed by atoms with Gasteiger partial charge in [-0.3, -0.25) is 0 Å². The molecule has 1 N–H and O–H groups in total. The lowest BCUT2D eigenvalue weighted by atomic mass is 9.95. The van der Waals surface area contributed by atoms with E-state index in [9.17, 15) is 4.79 Å². The van der Waals surface area contributed by atoms with Crippen molar-refractivity contribution in [2.75, 3.05) is 5.32 Å². The van der Waals surface area contributed by atoms with Crippen molar-refractivity contribution in [2.45, 2.75) is 58.5 Å². The van der Waals surface area contributed by atoms with Crippen LogP contribution in [-0.4, -0.2) is 15.5 Å². The summed E-state index contributed by atoms with van der Waals surface area (Å²) >= 11 is 8.11. The molecule has 6 heteroatoms. The molecule has 2 aromatic heterocycles. The van der Waals surface area contributed by atoms with Crippen molar-refractivity contribution >= 4 is 34.7 Å². The molecule has 0 radical (unpaired) electrons. The Labute approximate surface area is 186 Å². The van der Waals surface area contributed by atoms with E-state index in [2.05, 4.69) is 35.1 Å². The Morgan fingerprint density at radius 3 is 2.90 bits per heavy atom. The highest BCUT2D eigenvalue weighted by Gasteiger charge is 2.34. The summed E-state index contributed by atoms with van der Waals surface area (Å²) in [5.41, 5.74) is 5.78. The predicted molar refractivity (Wildman–Crippen MR) is 124 cm³/mol. The number of nitrogens with one attached hydrogen (secondary N) is 1. The average Bonchev–Trinajstić information content (AvgIpc) is 3.33. The van der Waals surface area contributed by atoms with Crippen LogP contribution in [0.1, 0.15) is 59.5 Å². The van der Waals surface area contributed by atoms with E-state index in [1.54, 1.807) is 0 Å². The van der Waals surface area contributed by atoms with Crippen molar-refractivity contribution < 1.29 is 4.79 Å². The second-order valence-corrected chi connectivity index (χ2v) is 9.76. The van der Waals surface area contributed by atoms with Gasteiger partial charge in [0.2, 0.25) is 0 Å². The van der Waals surface area contributed by atoms with Crippen LogP contribution in [0.3, 0.4) is 0 Å². The smallest absolute Gasteiger partial charge is 0.312 e. The zero-order valence-corrected chi connectivity index (χ0v) is 18.9. The molecular formula is C24H26ClN3OS. The van der Waals surface area contributed by atoms with Crippen LogP contribution in [-0.2, 0) is 19.4 Å². The molecule has 2 aliphatic rings. The van der Waals surface area contributed by atoms with Gasteiger partial charge in [-0.1, -0.05) is 24.6 Å². The molecule has 1 aromatic carbocycles. The number of urea groups is 1. The van der Waals surface area contributed by atoms with Crippen LogP contribution in [0.5, 0.6) is 0 Å². The largest absolute Gasteiger partial charge is 0.322 e. The minimum atomic E-state index is -0.0661. The van der Waals surface area contributed by atoms with Crippen LogP contribution in [0.15, 0.2) is 36.5 Å². The van der Waals surface area contributed by atoms with Gasteiger partial charge >= 0.3 is 6.03 Å².